The number of anilines is 1. The van der Waals surface area contributed by atoms with Crippen molar-refractivity contribution in [3.63, 3.8) is 0 Å². The number of carbonyl (C=O) groups excluding carboxylic acids is 1. The Balaban J connectivity index is 1.73. The molecule has 1 atom stereocenters. The van der Waals surface area contributed by atoms with Crippen molar-refractivity contribution in [2.24, 2.45) is 5.92 Å². The first kappa shape index (κ1) is 13.2. The van der Waals surface area contributed by atoms with Gasteiger partial charge in [-0.3, -0.25) is 4.79 Å². The number of rotatable bonds is 2. The number of benzene rings is 1. The van der Waals surface area contributed by atoms with Gasteiger partial charge < -0.3 is 4.90 Å². The maximum atomic E-state index is 12.0. The zero-order chi connectivity index (χ0) is 13.9. The van der Waals surface area contributed by atoms with Gasteiger partial charge in [-0.25, -0.2) is 0 Å². The van der Waals surface area contributed by atoms with Gasteiger partial charge in [0.2, 0.25) is 5.91 Å². The van der Waals surface area contributed by atoms with Crippen LogP contribution in [0.1, 0.15) is 50.0 Å². The number of nitrogens with zero attached hydrogens (tertiary/aromatic N) is 1. The monoisotopic (exact) mass is 267 g/mol. The SMILES string of the molecule is C#CC1CC(=O)N(c2ccc(C3CCCCC3)cc2)C1. The van der Waals surface area contributed by atoms with Crippen LogP contribution in [0, 0.1) is 18.3 Å². The third-order valence-corrected chi connectivity index (χ3v) is 4.64. The highest BCUT2D eigenvalue weighted by molar-refractivity contribution is 5.96. The van der Waals surface area contributed by atoms with Crippen molar-refractivity contribution >= 4 is 11.6 Å². The molecule has 2 aliphatic rings. The number of amides is 1. The van der Waals surface area contributed by atoms with E-state index >= 15 is 0 Å². The molecule has 0 spiro atoms. The lowest BCUT2D eigenvalue weighted by Crippen LogP contribution is -2.24. The molecule has 1 aromatic rings. The average Bonchev–Trinajstić information content (AvgIpc) is 2.89. The minimum atomic E-state index is 0.0699. The minimum absolute atomic E-state index is 0.0699. The molecule has 104 valence electrons. The van der Waals surface area contributed by atoms with E-state index in [2.05, 4.69) is 30.2 Å². The topological polar surface area (TPSA) is 20.3 Å². The Morgan fingerprint density at radius 2 is 1.80 bits per heavy atom. The van der Waals surface area contributed by atoms with Gasteiger partial charge in [-0.15, -0.1) is 12.3 Å². The van der Waals surface area contributed by atoms with Crippen LogP contribution < -0.4 is 4.90 Å². The van der Waals surface area contributed by atoms with E-state index in [9.17, 15) is 4.79 Å². The van der Waals surface area contributed by atoms with Crippen LogP contribution >= 0.6 is 0 Å². The number of hydrogen-bond acceptors (Lipinski definition) is 1. The second-order valence-electron chi connectivity index (χ2n) is 6.00. The van der Waals surface area contributed by atoms with Crippen molar-refractivity contribution in [3.8, 4) is 12.3 Å². The maximum Gasteiger partial charge on any atom is 0.228 e. The van der Waals surface area contributed by atoms with Crippen molar-refractivity contribution < 1.29 is 4.79 Å². The Morgan fingerprint density at radius 1 is 1.10 bits per heavy atom. The first-order chi connectivity index (χ1) is 9.78. The van der Waals surface area contributed by atoms with Gasteiger partial charge in [0.15, 0.2) is 0 Å². The Labute approximate surface area is 121 Å². The van der Waals surface area contributed by atoms with Gasteiger partial charge in [0.1, 0.15) is 0 Å². The highest BCUT2D eigenvalue weighted by atomic mass is 16.2. The lowest BCUT2D eigenvalue weighted by Gasteiger charge is -2.23. The summed E-state index contributed by atoms with van der Waals surface area (Å²) in [6.45, 7) is 0.665. The zero-order valence-corrected chi connectivity index (χ0v) is 11.8. The Hall–Kier alpha value is -1.75. The third-order valence-electron chi connectivity index (χ3n) is 4.64. The third kappa shape index (κ3) is 2.58. The summed E-state index contributed by atoms with van der Waals surface area (Å²) in [4.78, 5) is 13.8. The Kier molecular flexibility index (Phi) is 3.78. The van der Waals surface area contributed by atoms with Crippen LogP contribution in [-0.2, 0) is 4.79 Å². The van der Waals surface area contributed by atoms with Crippen molar-refractivity contribution in [1.29, 1.82) is 0 Å². The van der Waals surface area contributed by atoms with Gasteiger partial charge in [-0.1, -0.05) is 31.4 Å². The van der Waals surface area contributed by atoms with Gasteiger partial charge in [0, 0.05) is 24.6 Å². The van der Waals surface area contributed by atoms with Crippen molar-refractivity contribution in [2.75, 3.05) is 11.4 Å². The first-order valence-electron chi connectivity index (χ1n) is 7.64. The van der Waals surface area contributed by atoms with Gasteiger partial charge >= 0.3 is 0 Å². The van der Waals surface area contributed by atoms with E-state index < -0.39 is 0 Å². The molecule has 0 bridgehead atoms. The average molecular weight is 267 g/mol. The minimum Gasteiger partial charge on any atom is -0.311 e. The fourth-order valence-corrected chi connectivity index (χ4v) is 3.43. The lowest BCUT2D eigenvalue weighted by molar-refractivity contribution is -0.117. The van der Waals surface area contributed by atoms with E-state index in [0.29, 0.717) is 18.9 Å². The molecule has 0 aromatic heterocycles. The van der Waals surface area contributed by atoms with Gasteiger partial charge in [-0.2, -0.15) is 0 Å². The molecule has 1 saturated heterocycles. The summed E-state index contributed by atoms with van der Waals surface area (Å²) in [5.74, 6) is 3.63. The lowest BCUT2D eigenvalue weighted by atomic mass is 9.84. The molecular formula is C18H21NO. The van der Waals surface area contributed by atoms with Crippen LogP contribution in [0.3, 0.4) is 0 Å². The summed E-state index contributed by atoms with van der Waals surface area (Å²) in [5, 5.41) is 0. The standard InChI is InChI=1S/C18H21NO/c1-2-14-12-18(20)19(13-14)17-10-8-16(9-11-17)15-6-4-3-5-7-15/h1,8-11,14-15H,3-7,12-13H2. The molecule has 1 unspecified atom stereocenters. The van der Waals surface area contributed by atoms with E-state index in [0.717, 1.165) is 5.69 Å². The summed E-state index contributed by atoms with van der Waals surface area (Å²) in [6, 6.07) is 8.56. The predicted octanol–water partition coefficient (Wildman–Crippen LogP) is 3.72. The fourth-order valence-electron chi connectivity index (χ4n) is 3.43. The normalized spacial score (nSPS) is 23.9. The Morgan fingerprint density at radius 3 is 2.40 bits per heavy atom. The molecule has 2 fully saturated rings. The zero-order valence-electron chi connectivity index (χ0n) is 11.8. The van der Waals surface area contributed by atoms with Gasteiger partial charge in [-0.05, 0) is 36.5 Å². The molecule has 2 heteroatoms. The summed E-state index contributed by atoms with van der Waals surface area (Å²) in [6.07, 6.45) is 12.6. The summed E-state index contributed by atoms with van der Waals surface area (Å²) >= 11 is 0. The van der Waals surface area contributed by atoms with Crippen LogP contribution in [0.5, 0.6) is 0 Å². The molecule has 0 radical (unpaired) electrons. The molecule has 2 nitrogen and oxygen atoms in total. The van der Waals surface area contributed by atoms with Crippen molar-refractivity contribution in [1.82, 2.24) is 0 Å². The molecule has 1 aromatic carbocycles. The quantitative estimate of drug-likeness (QED) is 0.748. The number of carbonyl (C=O) groups is 1. The van der Waals surface area contributed by atoms with E-state index in [4.69, 9.17) is 6.42 Å². The molecule has 1 heterocycles. The van der Waals surface area contributed by atoms with Gasteiger partial charge in [0.25, 0.3) is 0 Å². The fraction of sp³-hybridized carbons (Fsp3) is 0.500. The molecular weight excluding hydrogens is 246 g/mol. The van der Waals surface area contributed by atoms with Crippen LogP contribution in [-0.4, -0.2) is 12.5 Å². The number of hydrogen-bond donors (Lipinski definition) is 0. The summed E-state index contributed by atoms with van der Waals surface area (Å²) in [7, 11) is 0. The van der Waals surface area contributed by atoms with Crippen molar-refractivity contribution in [3.05, 3.63) is 29.8 Å². The maximum absolute atomic E-state index is 12.0. The van der Waals surface area contributed by atoms with E-state index in [1.807, 2.05) is 4.90 Å². The summed E-state index contributed by atoms with van der Waals surface area (Å²) in [5.41, 5.74) is 2.42. The highest BCUT2D eigenvalue weighted by Crippen LogP contribution is 2.34. The smallest absolute Gasteiger partial charge is 0.228 e. The Bertz CT molecular complexity index is 519. The number of terminal acetylenes is 1. The second-order valence-corrected chi connectivity index (χ2v) is 6.00. The predicted molar refractivity (Wildman–Crippen MR) is 81.6 cm³/mol. The molecule has 20 heavy (non-hydrogen) atoms. The van der Waals surface area contributed by atoms with Gasteiger partial charge in [0.05, 0.1) is 0 Å². The molecule has 0 N–H and O–H groups in total. The van der Waals surface area contributed by atoms with E-state index in [1.165, 1.54) is 37.7 Å². The second kappa shape index (κ2) is 5.71. The molecule has 1 aliphatic heterocycles. The molecule has 3 rings (SSSR count). The van der Waals surface area contributed by atoms with E-state index in [1.54, 1.807) is 0 Å². The van der Waals surface area contributed by atoms with E-state index in [-0.39, 0.29) is 11.8 Å². The highest BCUT2D eigenvalue weighted by Gasteiger charge is 2.29. The van der Waals surface area contributed by atoms with Crippen LogP contribution in [0.25, 0.3) is 0 Å². The van der Waals surface area contributed by atoms with Crippen LogP contribution in [0.4, 0.5) is 5.69 Å². The molecule has 1 saturated carbocycles. The van der Waals surface area contributed by atoms with Crippen LogP contribution in [0.2, 0.25) is 0 Å². The molecule has 1 amide bonds. The summed E-state index contributed by atoms with van der Waals surface area (Å²) < 4.78 is 0. The first-order valence-corrected chi connectivity index (χ1v) is 7.64. The van der Waals surface area contributed by atoms with Crippen molar-refractivity contribution in [2.45, 2.75) is 44.4 Å². The largest absolute Gasteiger partial charge is 0.311 e. The molecule has 1 aliphatic carbocycles. The van der Waals surface area contributed by atoms with Crippen LogP contribution in [0.15, 0.2) is 24.3 Å².